The SMILES string of the molecule is COc1cc2sc(CNC(=O)C3(CC(=O)OC(C)(C)C)Cc4ccccc4C3)nc2cc1OCCC[N+](C)(C)CCO. The average Bonchev–Trinajstić information content (AvgIpc) is 3.48. The number of thiazole rings is 1. The second-order valence-corrected chi connectivity index (χ2v) is 13.9. The number of esters is 1. The van der Waals surface area contributed by atoms with Gasteiger partial charge in [0.1, 0.15) is 17.2 Å². The number of ether oxygens (including phenoxy) is 3. The van der Waals surface area contributed by atoms with Gasteiger partial charge in [0, 0.05) is 18.6 Å². The van der Waals surface area contributed by atoms with Crippen LogP contribution in [0.15, 0.2) is 36.4 Å². The van der Waals surface area contributed by atoms with Crippen LogP contribution in [-0.2, 0) is 33.7 Å². The van der Waals surface area contributed by atoms with E-state index in [1.165, 1.54) is 11.3 Å². The van der Waals surface area contributed by atoms with Crippen molar-refractivity contribution in [3.05, 3.63) is 52.5 Å². The van der Waals surface area contributed by atoms with E-state index in [0.29, 0.717) is 37.5 Å². The largest absolute Gasteiger partial charge is 0.493 e. The number of methoxy groups -OCH3 is 1. The van der Waals surface area contributed by atoms with Gasteiger partial charge >= 0.3 is 5.97 Å². The van der Waals surface area contributed by atoms with E-state index in [0.717, 1.165) is 43.8 Å². The molecule has 2 aromatic carbocycles. The lowest BCUT2D eigenvalue weighted by molar-refractivity contribution is -0.890. The highest BCUT2D eigenvalue weighted by atomic mass is 32.1. The van der Waals surface area contributed by atoms with Gasteiger partial charge in [0.15, 0.2) is 11.5 Å². The minimum Gasteiger partial charge on any atom is -0.493 e. The summed E-state index contributed by atoms with van der Waals surface area (Å²) in [6, 6.07) is 11.8. The van der Waals surface area contributed by atoms with Crippen LogP contribution in [0.4, 0.5) is 0 Å². The monoisotopic (exact) mass is 598 g/mol. The molecule has 228 valence electrons. The normalized spacial score (nSPS) is 14.5. The standard InChI is InChI=1S/C32H43N3O6S/c1-31(2,3)41-29(37)20-32(18-22-10-7-8-11-23(22)19-32)30(38)33-21-28-34-24-16-26(25(39-6)17-27(24)42-28)40-15-9-12-35(4,5)13-14-36/h7-8,10-11,16-17,36H,9,12-15,18-21H2,1-6H3/p+1. The number of rotatable bonds is 13. The molecule has 10 heteroatoms. The van der Waals surface area contributed by atoms with Gasteiger partial charge in [-0.25, -0.2) is 4.98 Å². The highest BCUT2D eigenvalue weighted by Crippen LogP contribution is 2.41. The Balaban J connectivity index is 1.44. The number of nitrogens with one attached hydrogen (secondary N) is 1. The number of hydrogen-bond donors (Lipinski definition) is 2. The summed E-state index contributed by atoms with van der Waals surface area (Å²) in [6.07, 6.45) is 1.82. The van der Waals surface area contributed by atoms with Gasteiger partial charge in [0.05, 0.1) is 69.6 Å². The highest BCUT2D eigenvalue weighted by molar-refractivity contribution is 7.18. The van der Waals surface area contributed by atoms with E-state index in [1.54, 1.807) is 7.11 Å². The number of benzene rings is 2. The maximum absolute atomic E-state index is 13.7. The number of nitrogens with zero attached hydrogens (tertiary/aromatic N) is 2. The Morgan fingerprint density at radius 3 is 2.40 bits per heavy atom. The third-order valence-electron chi connectivity index (χ3n) is 7.55. The Morgan fingerprint density at radius 2 is 1.79 bits per heavy atom. The summed E-state index contributed by atoms with van der Waals surface area (Å²) in [4.78, 5) is 31.4. The third-order valence-corrected chi connectivity index (χ3v) is 8.57. The van der Waals surface area contributed by atoms with Crippen molar-refractivity contribution >= 4 is 33.4 Å². The molecule has 1 aliphatic carbocycles. The van der Waals surface area contributed by atoms with Crippen molar-refractivity contribution in [1.82, 2.24) is 10.3 Å². The molecule has 0 saturated heterocycles. The molecule has 0 saturated carbocycles. The molecule has 0 radical (unpaired) electrons. The van der Waals surface area contributed by atoms with Crippen molar-refractivity contribution in [2.45, 2.75) is 58.6 Å². The summed E-state index contributed by atoms with van der Waals surface area (Å²) in [7, 11) is 5.79. The molecule has 0 bridgehead atoms. The first-order valence-electron chi connectivity index (χ1n) is 14.4. The van der Waals surface area contributed by atoms with Gasteiger partial charge in [-0.15, -0.1) is 11.3 Å². The predicted molar refractivity (Wildman–Crippen MR) is 164 cm³/mol. The van der Waals surface area contributed by atoms with E-state index >= 15 is 0 Å². The number of carbonyl (C=O) groups excluding carboxylic acids is 2. The maximum atomic E-state index is 13.7. The predicted octanol–water partition coefficient (Wildman–Crippen LogP) is 4.28. The molecule has 2 N–H and O–H groups in total. The Kier molecular flexibility index (Phi) is 9.80. The molecule has 0 fully saturated rings. The smallest absolute Gasteiger partial charge is 0.307 e. The van der Waals surface area contributed by atoms with Gasteiger partial charge in [-0.1, -0.05) is 24.3 Å². The molecule has 1 heterocycles. The number of amides is 1. The van der Waals surface area contributed by atoms with E-state index in [4.69, 9.17) is 19.2 Å². The first-order chi connectivity index (χ1) is 19.8. The summed E-state index contributed by atoms with van der Waals surface area (Å²) < 4.78 is 18.9. The zero-order valence-corrected chi connectivity index (χ0v) is 26.4. The minimum atomic E-state index is -0.905. The van der Waals surface area contributed by atoms with Crippen molar-refractivity contribution in [2.75, 3.05) is 47.5 Å². The summed E-state index contributed by atoms with van der Waals surface area (Å²) in [5.74, 6) is 0.707. The van der Waals surface area contributed by atoms with Crippen molar-refractivity contribution in [3.8, 4) is 11.5 Å². The van der Waals surface area contributed by atoms with E-state index < -0.39 is 11.0 Å². The molecular formula is C32H44N3O6S+. The van der Waals surface area contributed by atoms with Crippen LogP contribution in [0.1, 0.15) is 49.7 Å². The van der Waals surface area contributed by atoms with Crippen LogP contribution >= 0.6 is 11.3 Å². The molecule has 0 unspecified atom stereocenters. The lowest BCUT2D eigenvalue weighted by atomic mass is 9.80. The number of quaternary nitrogens is 1. The molecule has 9 nitrogen and oxygen atoms in total. The van der Waals surface area contributed by atoms with E-state index in [1.807, 2.05) is 57.2 Å². The van der Waals surface area contributed by atoms with Crippen LogP contribution in [0.3, 0.4) is 0 Å². The molecule has 1 amide bonds. The molecule has 4 rings (SSSR count). The molecule has 3 aromatic rings. The molecule has 1 aliphatic rings. The van der Waals surface area contributed by atoms with Crippen LogP contribution < -0.4 is 14.8 Å². The topological polar surface area (TPSA) is 107 Å². The van der Waals surface area contributed by atoms with Gasteiger partial charge < -0.3 is 29.1 Å². The number of likely N-dealkylation sites (N-methyl/N-ethyl adjacent to an activating group) is 1. The number of aliphatic hydroxyl groups is 1. The second kappa shape index (κ2) is 13.0. The zero-order chi connectivity index (χ0) is 30.5. The number of fused-ring (bicyclic) bond motifs is 2. The Bertz CT molecular complexity index is 1390. The molecular weight excluding hydrogens is 554 g/mol. The minimum absolute atomic E-state index is 0.0125. The molecule has 0 spiro atoms. The van der Waals surface area contributed by atoms with Gasteiger partial charge in [0.2, 0.25) is 5.91 Å². The fourth-order valence-electron chi connectivity index (χ4n) is 5.45. The Morgan fingerprint density at radius 1 is 1.10 bits per heavy atom. The fourth-order valence-corrected chi connectivity index (χ4v) is 6.36. The van der Waals surface area contributed by atoms with Gasteiger partial charge in [0.25, 0.3) is 0 Å². The summed E-state index contributed by atoms with van der Waals surface area (Å²) >= 11 is 1.49. The van der Waals surface area contributed by atoms with Crippen molar-refractivity contribution in [2.24, 2.45) is 5.41 Å². The van der Waals surface area contributed by atoms with Gasteiger partial charge in [-0.3, -0.25) is 9.59 Å². The maximum Gasteiger partial charge on any atom is 0.307 e. The fraction of sp³-hybridized carbons (Fsp3) is 0.531. The summed E-state index contributed by atoms with van der Waals surface area (Å²) in [6.45, 7) is 8.00. The van der Waals surface area contributed by atoms with E-state index in [9.17, 15) is 14.7 Å². The number of aliphatic hydroxyl groups excluding tert-OH is 1. The van der Waals surface area contributed by atoms with Crippen LogP contribution in [0.5, 0.6) is 11.5 Å². The van der Waals surface area contributed by atoms with E-state index in [-0.39, 0.29) is 31.4 Å². The molecule has 1 aromatic heterocycles. The van der Waals surface area contributed by atoms with Gasteiger partial charge in [-0.05, 0) is 44.7 Å². The van der Waals surface area contributed by atoms with E-state index in [2.05, 4.69) is 19.4 Å². The van der Waals surface area contributed by atoms with Crippen molar-refractivity contribution in [3.63, 3.8) is 0 Å². The Hall–Kier alpha value is -3.21. The summed E-state index contributed by atoms with van der Waals surface area (Å²) in [5, 5.41) is 13.1. The Labute approximate surface area is 252 Å². The lowest BCUT2D eigenvalue weighted by Crippen LogP contribution is -2.44. The molecule has 42 heavy (non-hydrogen) atoms. The van der Waals surface area contributed by atoms with Crippen LogP contribution in [0.2, 0.25) is 0 Å². The van der Waals surface area contributed by atoms with Crippen LogP contribution in [0, 0.1) is 5.41 Å². The first kappa shape index (κ1) is 31.7. The van der Waals surface area contributed by atoms with Crippen molar-refractivity contribution in [1.29, 1.82) is 0 Å². The third kappa shape index (κ3) is 7.99. The number of carbonyl (C=O) groups is 2. The molecule has 0 aliphatic heterocycles. The zero-order valence-electron chi connectivity index (χ0n) is 25.6. The van der Waals surface area contributed by atoms with Crippen molar-refractivity contribution < 1.29 is 33.4 Å². The second-order valence-electron chi connectivity index (χ2n) is 12.7. The lowest BCUT2D eigenvalue weighted by Gasteiger charge is -2.29. The first-order valence-corrected chi connectivity index (χ1v) is 15.2. The summed E-state index contributed by atoms with van der Waals surface area (Å²) in [5.41, 5.74) is 1.42. The number of hydrogen-bond acceptors (Lipinski definition) is 8. The number of aromatic nitrogens is 1. The average molecular weight is 599 g/mol. The quantitative estimate of drug-likeness (QED) is 0.172. The molecule has 0 atom stereocenters. The highest BCUT2D eigenvalue weighted by Gasteiger charge is 2.46. The van der Waals surface area contributed by atoms with Crippen LogP contribution in [0.25, 0.3) is 10.2 Å². The van der Waals surface area contributed by atoms with Crippen LogP contribution in [-0.4, -0.2) is 79.6 Å². The van der Waals surface area contributed by atoms with Gasteiger partial charge in [-0.2, -0.15) is 0 Å².